The van der Waals surface area contributed by atoms with Gasteiger partial charge in [-0.25, -0.2) is 15.0 Å². The van der Waals surface area contributed by atoms with Gasteiger partial charge in [0.05, 0.1) is 19.2 Å². The number of rotatable bonds is 0. The van der Waals surface area contributed by atoms with E-state index >= 15 is 0 Å². The van der Waals surface area contributed by atoms with Crippen LogP contribution in [0.3, 0.4) is 0 Å². The van der Waals surface area contributed by atoms with Gasteiger partial charge >= 0.3 is 0 Å². The molecule has 0 aromatic carbocycles. The topological polar surface area (TPSA) is 272 Å². The second-order valence-electron chi connectivity index (χ2n) is 13.4. The summed E-state index contributed by atoms with van der Waals surface area (Å²) in [6, 6.07) is 16.9. The first-order valence-corrected chi connectivity index (χ1v) is 49.2. The van der Waals surface area contributed by atoms with Gasteiger partial charge in [0.2, 0.25) is 0 Å². The predicted molar refractivity (Wildman–Crippen MR) is 577 cm³/mol. The zero-order valence-corrected chi connectivity index (χ0v) is 92.3. The summed E-state index contributed by atoms with van der Waals surface area (Å²) in [4.78, 5) is 31.7. The van der Waals surface area contributed by atoms with Gasteiger partial charge in [0.25, 0.3) is 0 Å². The van der Waals surface area contributed by atoms with E-state index in [0.29, 0.717) is 0 Å². The second-order valence-corrected chi connectivity index (χ2v) is 13.4. The van der Waals surface area contributed by atoms with E-state index in [9.17, 15) is 0 Å². The molecule has 0 aliphatic carbocycles. The molecule has 21 heteroatoms. The largest absolute Gasteiger partial charge is 0.391 e. The number of piperidine rings is 1. The Labute approximate surface area is 771 Å². The Kier molecular flexibility index (Phi) is 568. The van der Waals surface area contributed by atoms with Crippen molar-refractivity contribution in [1.29, 1.82) is 0 Å². The zero-order valence-electron chi connectivity index (χ0n) is 92.3. The molecule has 21 nitrogen and oxygen atoms in total. The van der Waals surface area contributed by atoms with Gasteiger partial charge in [-0.1, -0.05) is 391 Å². The summed E-state index contributed by atoms with van der Waals surface area (Å²) < 4.78 is 0. The number of aromatic amines is 3. The van der Waals surface area contributed by atoms with Crippen LogP contribution in [0.4, 0.5) is 0 Å². The Bertz CT molecular complexity index is 1510. The fourth-order valence-corrected chi connectivity index (χ4v) is 4.50. The van der Waals surface area contributed by atoms with Crippen molar-refractivity contribution in [1.82, 2.24) is 97.6 Å². The van der Waals surface area contributed by atoms with Crippen molar-refractivity contribution < 1.29 is 0 Å². The highest BCUT2D eigenvalue weighted by molar-refractivity contribution is 5.58. The molecule has 0 radical (unpaired) electrons. The summed E-state index contributed by atoms with van der Waals surface area (Å²) in [5.41, 5.74) is 2.79. The average Bonchev–Trinajstić information content (AvgIpc) is 2.09. The van der Waals surface area contributed by atoms with Gasteiger partial charge in [0.1, 0.15) is 6.33 Å². The highest BCUT2D eigenvalue weighted by Gasteiger charge is 1.94. The minimum atomic E-state index is 0.958. The van der Waals surface area contributed by atoms with Crippen LogP contribution in [0, 0.1) is 0 Å². The first kappa shape index (κ1) is 188. The summed E-state index contributed by atoms with van der Waals surface area (Å²) in [6.45, 7) is 116. The molecule has 0 spiro atoms. The van der Waals surface area contributed by atoms with E-state index < -0.39 is 0 Å². The van der Waals surface area contributed by atoms with Crippen LogP contribution in [0.1, 0.15) is 392 Å². The number of nitrogens with zero attached hydrogens (tertiary/aromatic N) is 11. The Morgan fingerprint density at radius 2 is 0.648 bits per heavy atom. The van der Waals surface area contributed by atoms with Crippen molar-refractivity contribution in [2.24, 2.45) is 10.1 Å². The Balaban J connectivity index is -0.0000000327. The Morgan fingerprint density at radius 1 is 0.254 bits per heavy atom. The predicted octanol–water partition coefficient (Wildman–Crippen LogP) is 31.1. The van der Waals surface area contributed by atoms with Gasteiger partial charge in [-0.2, -0.15) is 20.4 Å². The number of aromatic nitrogens is 12. The van der Waals surface area contributed by atoms with Crippen LogP contribution in [-0.4, -0.2) is 145 Å². The molecule has 6 aliphatic heterocycles. The number of hydrogen-bond donors (Lipinski definition) is 10. The van der Waals surface area contributed by atoms with E-state index in [1.807, 2.05) is 433 Å². The van der Waals surface area contributed by atoms with E-state index in [-0.39, 0.29) is 0 Å². The lowest BCUT2D eigenvalue weighted by Gasteiger charge is -2.08. The van der Waals surface area contributed by atoms with E-state index in [2.05, 4.69) is 126 Å². The molecule has 10 N–H and O–H groups in total. The summed E-state index contributed by atoms with van der Waals surface area (Å²) in [7, 11) is 0. The van der Waals surface area contributed by atoms with Crippen LogP contribution in [0.2, 0.25) is 0 Å². The molecule has 740 valence electrons. The summed E-state index contributed by atoms with van der Waals surface area (Å²) in [5, 5.41) is 35.6. The minimum absolute atomic E-state index is 0.958. The van der Waals surface area contributed by atoms with Crippen molar-refractivity contribution in [3.8, 4) is 0 Å². The maximum Gasteiger partial charge on any atom is 0.115 e. The van der Waals surface area contributed by atoms with Crippen LogP contribution in [0.5, 0.6) is 0 Å². The monoisotopic (exact) mass is 1740 g/mol. The SMILES string of the molecule is C1=CCNC1.C1=CNCC1.C1=NCCN1.C1=NNCC1.C1CCNCC1.C1CNCN1.CC.CC.CC.CC.CC.CC.CC.CC.CC.CC.CC.CC.CC.CC.CC.CC.CC.CC.CC.CC.CC.CC.CC.CC.CC.CC.c1c[nH]cn1.c1cc[nH]c1.c1ccncc1.c1ccnnc1.c1cn[nH]c1.c1cnccn1.c1cncnc1. The minimum Gasteiger partial charge on any atom is -0.391 e. The van der Waals surface area contributed by atoms with Gasteiger partial charge in [-0.05, 0) is 87.1 Å². The molecule has 0 amide bonds. The van der Waals surface area contributed by atoms with Crippen molar-refractivity contribution in [3.05, 3.63) is 191 Å². The van der Waals surface area contributed by atoms with E-state index in [1.54, 1.807) is 105 Å². The van der Waals surface area contributed by atoms with Crippen LogP contribution >= 0.6 is 0 Å². The normalized spacial score (nSPS) is 9.21. The van der Waals surface area contributed by atoms with E-state index in [1.165, 1.54) is 45.1 Å². The molecule has 6 aliphatic rings. The number of hydrazone groups is 1. The van der Waals surface area contributed by atoms with Gasteiger partial charge in [-0.15, -0.1) is 0 Å². The van der Waals surface area contributed by atoms with E-state index in [0.717, 1.165) is 65.4 Å². The number of imidazole rings is 1. The first-order chi connectivity index (χ1) is 61.0. The molecule has 0 saturated carbocycles. The fraction of sp³-hybridized carbons (Fsp3) is 0.673. The summed E-state index contributed by atoms with van der Waals surface area (Å²) >= 11 is 0. The molecular weight excluding hydrogens is 1510 g/mol. The zero-order chi connectivity index (χ0) is 101. The molecule has 13 heterocycles. The van der Waals surface area contributed by atoms with Crippen molar-refractivity contribution >= 4 is 12.6 Å². The third kappa shape index (κ3) is 359. The maximum absolute atomic E-state index is 3.85. The number of aliphatic imine (C=N–C) groups is 1. The van der Waals surface area contributed by atoms with Gasteiger partial charge in [-0.3, -0.25) is 25.0 Å². The lowest BCUT2D eigenvalue weighted by molar-refractivity contribution is 0.520. The van der Waals surface area contributed by atoms with Gasteiger partial charge < -0.3 is 47.3 Å². The molecule has 0 bridgehead atoms. The van der Waals surface area contributed by atoms with Crippen molar-refractivity contribution in [3.63, 3.8) is 0 Å². The summed E-state index contributed by atoms with van der Waals surface area (Å²) in [6.07, 6.45) is 49.0. The second kappa shape index (κ2) is 368. The average molecular weight is 1740 g/mol. The van der Waals surface area contributed by atoms with Crippen molar-refractivity contribution in [2.45, 2.75) is 392 Å². The Hall–Kier alpha value is -7.85. The molecule has 2 fully saturated rings. The third-order valence-corrected chi connectivity index (χ3v) is 7.77. The van der Waals surface area contributed by atoms with Gasteiger partial charge in [0.15, 0.2) is 0 Å². The molecule has 122 heavy (non-hydrogen) atoms. The highest BCUT2D eigenvalue weighted by atomic mass is 15.3. The molecule has 2 saturated heterocycles. The highest BCUT2D eigenvalue weighted by Crippen LogP contribution is 1.96. The van der Waals surface area contributed by atoms with Crippen LogP contribution in [0.25, 0.3) is 0 Å². The van der Waals surface area contributed by atoms with E-state index in [4.69, 9.17) is 0 Å². The number of H-pyrrole nitrogens is 3. The van der Waals surface area contributed by atoms with Gasteiger partial charge in [0, 0.05) is 164 Å². The number of nitrogens with one attached hydrogen (secondary N) is 10. The lowest BCUT2D eigenvalue weighted by Crippen LogP contribution is -2.21. The summed E-state index contributed by atoms with van der Waals surface area (Å²) in [5.74, 6) is 0. The van der Waals surface area contributed by atoms with Crippen molar-refractivity contribution in [2.75, 3.05) is 72.1 Å². The third-order valence-electron chi connectivity index (χ3n) is 7.77. The molecule has 0 unspecified atom stereocenters. The Morgan fingerprint density at radius 3 is 0.754 bits per heavy atom. The van der Waals surface area contributed by atoms with Crippen LogP contribution in [-0.2, 0) is 0 Å². The van der Waals surface area contributed by atoms with Crippen LogP contribution < -0.4 is 37.3 Å². The standard InChI is InChI=1S/C5H11N.C5H5N.3C4H4N2.2C4H7N.C4H5N.C3H8N2.C3H6N2.C3H4N2.C3H6N2.C3H4N2.26C2H6/c2*1-2-4-6-5-3-1;1-2-6-4-3-5-1;1-2-5-4-6-3-1;1-2-4-6-5-3-1;3*1-2-4-5-3-1;3*1-2-5-3-4-1;2*1-2-4-5-3-1;26*1-2/h6H,1-5H2;1-5H;3*1-4H;1,3,5H,2,4H2;1-2,5H,3-4H2;1-5H;4-5H,1-3H2;3H,1-2H2,(H,4,5);1-3H,(H,4,5);2,5H,1,3H2;1-3H,(H,4,5);26*1-2H3. The molecule has 13 rings (SSSR count). The lowest BCUT2D eigenvalue weighted by atomic mass is 10.2. The number of pyridine rings is 1. The first-order valence-electron chi connectivity index (χ1n) is 49.2. The number of hydrogen-bond acceptors (Lipinski definition) is 18. The maximum atomic E-state index is 3.85. The molecular formula is C101H231N21. The smallest absolute Gasteiger partial charge is 0.115 e. The quantitative estimate of drug-likeness (QED) is 0.0632. The molecule has 7 aromatic heterocycles. The fourth-order valence-electron chi connectivity index (χ4n) is 4.50. The molecule has 0 atom stereocenters. The molecule has 7 aromatic rings. The van der Waals surface area contributed by atoms with Crippen LogP contribution in [0.15, 0.2) is 201 Å².